The topological polar surface area (TPSA) is 105 Å². The van der Waals surface area contributed by atoms with Gasteiger partial charge in [-0.05, 0) is 34.6 Å². The van der Waals surface area contributed by atoms with E-state index in [-0.39, 0.29) is 37.5 Å². The molecule has 0 aromatic heterocycles. The number of hydrogen-bond acceptors (Lipinski definition) is 5. The van der Waals surface area contributed by atoms with E-state index in [1.807, 2.05) is 50.2 Å². The summed E-state index contributed by atoms with van der Waals surface area (Å²) in [6.45, 7) is 4.19. The van der Waals surface area contributed by atoms with E-state index in [2.05, 4.69) is 17.4 Å². The molecular formula is C27H32N2O6. The maximum Gasteiger partial charge on any atom is 0.407 e. The zero-order valence-electron chi connectivity index (χ0n) is 20.3. The quantitative estimate of drug-likeness (QED) is 0.598. The largest absolute Gasteiger partial charge is 0.480 e. The number of fused-ring (bicyclic) bond motifs is 3. The van der Waals surface area contributed by atoms with Gasteiger partial charge in [0, 0.05) is 26.0 Å². The lowest BCUT2D eigenvalue weighted by atomic mass is 9.98. The van der Waals surface area contributed by atoms with Crippen molar-refractivity contribution >= 4 is 18.0 Å². The highest BCUT2D eigenvalue weighted by molar-refractivity contribution is 5.90. The van der Waals surface area contributed by atoms with Crippen LogP contribution in [0.1, 0.15) is 43.7 Å². The van der Waals surface area contributed by atoms with Gasteiger partial charge in [-0.2, -0.15) is 0 Å². The van der Waals surface area contributed by atoms with Crippen LogP contribution in [0.15, 0.2) is 48.5 Å². The fraction of sp³-hybridized carbons (Fsp3) is 0.444. The number of carbonyl (C=O) groups is 3. The molecule has 1 fully saturated rings. The van der Waals surface area contributed by atoms with Crippen molar-refractivity contribution in [2.45, 2.75) is 50.8 Å². The molecular weight excluding hydrogens is 448 g/mol. The van der Waals surface area contributed by atoms with Crippen molar-refractivity contribution in [1.82, 2.24) is 10.2 Å². The first-order valence-electron chi connectivity index (χ1n) is 12.0. The van der Waals surface area contributed by atoms with E-state index in [0.717, 1.165) is 22.3 Å². The lowest BCUT2D eigenvalue weighted by Gasteiger charge is -2.28. The van der Waals surface area contributed by atoms with Crippen molar-refractivity contribution in [1.29, 1.82) is 0 Å². The number of benzene rings is 2. The second-order valence-electron chi connectivity index (χ2n) is 9.59. The first-order valence-corrected chi connectivity index (χ1v) is 12.0. The van der Waals surface area contributed by atoms with Gasteiger partial charge in [0.15, 0.2) is 0 Å². The maximum absolute atomic E-state index is 13.3. The number of alkyl carbamates (subject to hydrolysis) is 1. The molecule has 2 aliphatic rings. The summed E-state index contributed by atoms with van der Waals surface area (Å²) in [7, 11) is 1.50. The highest BCUT2D eigenvalue weighted by Crippen LogP contribution is 2.44. The third-order valence-corrected chi connectivity index (χ3v) is 6.81. The number of carbonyl (C=O) groups excluding carboxylic acids is 2. The van der Waals surface area contributed by atoms with Gasteiger partial charge in [-0.1, -0.05) is 62.4 Å². The van der Waals surface area contributed by atoms with Crippen LogP contribution in [0.3, 0.4) is 0 Å². The minimum Gasteiger partial charge on any atom is -0.480 e. The molecule has 0 spiro atoms. The third kappa shape index (κ3) is 5.17. The van der Waals surface area contributed by atoms with Crippen LogP contribution < -0.4 is 5.32 Å². The minimum absolute atomic E-state index is 0.0927. The number of methoxy groups -OCH3 is 1. The second-order valence-corrected chi connectivity index (χ2v) is 9.59. The number of likely N-dealkylation sites (tertiary alicyclic amines) is 1. The van der Waals surface area contributed by atoms with Gasteiger partial charge < -0.3 is 24.8 Å². The number of amides is 2. The Bertz CT molecular complexity index is 1060. The summed E-state index contributed by atoms with van der Waals surface area (Å²) in [4.78, 5) is 39.2. The van der Waals surface area contributed by atoms with Crippen molar-refractivity contribution in [2.24, 2.45) is 5.92 Å². The summed E-state index contributed by atoms with van der Waals surface area (Å²) < 4.78 is 10.9. The lowest BCUT2D eigenvalue weighted by Crippen LogP contribution is -2.52. The Labute approximate surface area is 205 Å². The van der Waals surface area contributed by atoms with Crippen LogP contribution in [-0.4, -0.2) is 66.4 Å². The van der Waals surface area contributed by atoms with Gasteiger partial charge >= 0.3 is 12.1 Å². The van der Waals surface area contributed by atoms with Gasteiger partial charge in [-0.25, -0.2) is 9.59 Å². The van der Waals surface area contributed by atoms with Crippen LogP contribution in [0.2, 0.25) is 0 Å². The van der Waals surface area contributed by atoms with Crippen LogP contribution >= 0.6 is 0 Å². The molecule has 2 unspecified atom stereocenters. The van der Waals surface area contributed by atoms with E-state index >= 15 is 0 Å². The zero-order chi connectivity index (χ0) is 25.1. The van der Waals surface area contributed by atoms with Gasteiger partial charge in [-0.3, -0.25) is 4.79 Å². The van der Waals surface area contributed by atoms with E-state index in [4.69, 9.17) is 9.47 Å². The van der Waals surface area contributed by atoms with Crippen LogP contribution in [0.4, 0.5) is 4.79 Å². The molecule has 1 saturated heterocycles. The molecule has 1 heterocycles. The second kappa shape index (κ2) is 10.5. The molecule has 2 aromatic rings. The third-order valence-electron chi connectivity index (χ3n) is 6.81. The van der Waals surface area contributed by atoms with Crippen LogP contribution in [-0.2, 0) is 19.1 Å². The predicted octanol–water partition coefficient (Wildman–Crippen LogP) is 3.64. The Balaban J connectivity index is 1.45. The molecule has 2 amide bonds. The van der Waals surface area contributed by atoms with E-state index in [0.29, 0.717) is 6.42 Å². The minimum atomic E-state index is -1.08. The number of aliphatic carboxylic acids is 1. The van der Waals surface area contributed by atoms with Gasteiger partial charge in [0.1, 0.15) is 18.7 Å². The molecule has 8 nitrogen and oxygen atoms in total. The van der Waals surface area contributed by atoms with Gasteiger partial charge in [0.05, 0.1) is 6.10 Å². The van der Waals surface area contributed by atoms with Crippen LogP contribution in [0, 0.1) is 5.92 Å². The molecule has 186 valence electrons. The zero-order valence-corrected chi connectivity index (χ0v) is 20.3. The fourth-order valence-electron chi connectivity index (χ4n) is 5.12. The molecule has 0 radical (unpaired) electrons. The van der Waals surface area contributed by atoms with Gasteiger partial charge in [0.25, 0.3) is 0 Å². The van der Waals surface area contributed by atoms with Crippen molar-refractivity contribution in [3.8, 4) is 11.1 Å². The lowest BCUT2D eigenvalue weighted by molar-refractivity contribution is -0.149. The number of hydrogen-bond donors (Lipinski definition) is 2. The average Bonchev–Trinajstić information content (AvgIpc) is 3.41. The molecule has 8 heteroatoms. The molecule has 3 atom stereocenters. The number of carboxylic acid groups (broad SMARTS) is 1. The van der Waals surface area contributed by atoms with Gasteiger partial charge in [-0.15, -0.1) is 0 Å². The molecule has 2 aromatic carbocycles. The highest BCUT2D eigenvalue weighted by Gasteiger charge is 2.42. The summed E-state index contributed by atoms with van der Waals surface area (Å²) >= 11 is 0. The number of rotatable bonds is 8. The molecule has 0 saturated carbocycles. The van der Waals surface area contributed by atoms with E-state index in [1.165, 1.54) is 12.0 Å². The average molecular weight is 481 g/mol. The number of ether oxygens (including phenoxy) is 2. The molecule has 0 bridgehead atoms. The first-order chi connectivity index (χ1) is 16.8. The molecule has 1 aliphatic carbocycles. The van der Waals surface area contributed by atoms with Crippen molar-refractivity contribution in [2.75, 3.05) is 20.3 Å². The normalized spacial score (nSPS) is 19.8. The Morgan fingerprint density at radius 1 is 1.06 bits per heavy atom. The summed E-state index contributed by atoms with van der Waals surface area (Å²) in [6.07, 6.45) is -0.463. The number of carboxylic acids is 1. The number of nitrogens with zero attached hydrogens (tertiary/aromatic N) is 1. The van der Waals surface area contributed by atoms with Crippen LogP contribution in [0.5, 0.6) is 0 Å². The van der Waals surface area contributed by atoms with E-state index in [1.54, 1.807) is 0 Å². The summed E-state index contributed by atoms with van der Waals surface area (Å²) in [5, 5.41) is 12.3. The van der Waals surface area contributed by atoms with Crippen LogP contribution in [0.25, 0.3) is 11.1 Å². The molecule has 1 aliphatic heterocycles. The van der Waals surface area contributed by atoms with Gasteiger partial charge in [0.2, 0.25) is 5.91 Å². The Morgan fingerprint density at radius 3 is 2.20 bits per heavy atom. The smallest absolute Gasteiger partial charge is 0.407 e. The van der Waals surface area contributed by atoms with E-state index < -0.39 is 30.1 Å². The highest BCUT2D eigenvalue weighted by atomic mass is 16.5. The van der Waals surface area contributed by atoms with Crippen molar-refractivity contribution in [3.63, 3.8) is 0 Å². The summed E-state index contributed by atoms with van der Waals surface area (Å²) in [5.41, 5.74) is 4.46. The maximum atomic E-state index is 13.3. The Kier molecular flexibility index (Phi) is 7.40. The first kappa shape index (κ1) is 24.7. The Morgan fingerprint density at radius 2 is 1.66 bits per heavy atom. The van der Waals surface area contributed by atoms with Crippen molar-refractivity contribution < 1.29 is 29.0 Å². The summed E-state index contributed by atoms with van der Waals surface area (Å²) in [6, 6.07) is 14.3. The standard InChI is InChI=1S/C27H32N2O6/c1-16(2)12-23(25(30)29-14-17(34-3)13-24(29)26(31)32)28-27(33)35-15-22-20-10-6-4-8-18(20)19-9-5-7-11-21(19)22/h4-11,16-17,22-24H,12-15H2,1-3H3,(H,28,33)(H,31,32)/t17?,23-,24?/m1/s1. The molecule has 35 heavy (non-hydrogen) atoms. The van der Waals surface area contributed by atoms with E-state index in [9.17, 15) is 19.5 Å². The fourth-order valence-corrected chi connectivity index (χ4v) is 5.12. The summed E-state index contributed by atoms with van der Waals surface area (Å²) in [5.74, 6) is -1.51. The molecule has 4 rings (SSSR count). The SMILES string of the molecule is COC1CC(C(=O)O)N(C(=O)[C@@H](CC(C)C)NC(=O)OCC2c3ccccc3-c3ccccc32)C1. The monoisotopic (exact) mass is 480 g/mol. The Hall–Kier alpha value is -3.39. The molecule has 2 N–H and O–H groups in total. The van der Waals surface area contributed by atoms with Crippen molar-refractivity contribution in [3.05, 3.63) is 59.7 Å². The number of nitrogens with one attached hydrogen (secondary N) is 1. The predicted molar refractivity (Wildman–Crippen MR) is 130 cm³/mol.